The summed E-state index contributed by atoms with van der Waals surface area (Å²) >= 11 is 0. The van der Waals surface area contributed by atoms with Crippen LogP contribution in [0.25, 0.3) is 0 Å². The van der Waals surface area contributed by atoms with Crippen molar-refractivity contribution in [2.75, 3.05) is 5.75 Å². The van der Waals surface area contributed by atoms with Gasteiger partial charge >= 0.3 is 0 Å². The molecule has 1 fully saturated rings. The van der Waals surface area contributed by atoms with E-state index in [1.54, 1.807) is 0 Å². The van der Waals surface area contributed by atoms with Crippen LogP contribution in [0.2, 0.25) is 0 Å². The fraction of sp³-hybridized carbons (Fsp3) is 1.00. The Hall–Kier alpha value is -0.390. The predicted molar refractivity (Wildman–Crippen MR) is 64.5 cm³/mol. The first kappa shape index (κ1) is 19.7. The first-order valence-electron chi connectivity index (χ1n) is 5.67. The molecule has 0 radical (unpaired) electrons. The summed E-state index contributed by atoms with van der Waals surface area (Å²) in [6.07, 6.45) is -4.51. The predicted octanol–water partition coefficient (Wildman–Crippen LogP) is -3.43. The second kappa shape index (κ2) is 6.62. The number of nitrogens with one attached hydrogen (secondary N) is 1. The van der Waals surface area contributed by atoms with Crippen molar-refractivity contribution in [3.05, 3.63) is 0 Å². The number of hydrogen-bond acceptors (Lipinski definition) is 11. The lowest BCUT2D eigenvalue weighted by Crippen LogP contribution is -2.56. The van der Waals surface area contributed by atoms with Crippen LogP contribution in [0, 0.1) is 5.92 Å². The van der Waals surface area contributed by atoms with Crippen molar-refractivity contribution >= 4 is 30.8 Å². The van der Waals surface area contributed by atoms with Gasteiger partial charge in [-0.05, 0) is 12.8 Å². The Morgan fingerprint density at radius 3 is 2.00 bits per heavy atom. The maximum Gasteiger partial charge on any atom is 0.218 e. The summed E-state index contributed by atoms with van der Waals surface area (Å²) < 4.78 is 101. The van der Waals surface area contributed by atoms with Crippen LogP contribution in [0.3, 0.4) is 0 Å². The second-order valence-electron chi connectivity index (χ2n) is 4.70. The summed E-state index contributed by atoms with van der Waals surface area (Å²) in [6, 6.07) is -1.56. The minimum atomic E-state index is -5.39. The van der Waals surface area contributed by atoms with Gasteiger partial charge in [-0.3, -0.25) is 4.18 Å². The van der Waals surface area contributed by atoms with Gasteiger partial charge in [-0.1, -0.05) is 0 Å². The first-order valence-corrected chi connectivity index (χ1v) is 9.99. The molecule has 0 saturated heterocycles. The minimum Gasteiger partial charge on any atom is -0.748 e. The molecular formula is C7H12NO11S3-3. The van der Waals surface area contributed by atoms with Crippen LogP contribution in [-0.2, 0) is 35.0 Å². The molecule has 1 aliphatic carbocycles. The molecule has 0 aromatic carbocycles. The van der Waals surface area contributed by atoms with Gasteiger partial charge in [0.15, 0.2) is 10.3 Å². The molecule has 4 atom stereocenters. The van der Waals surface area contributed by atoms with Gasteiger partial charge in [-0.15, -0.1) is 0 Å². The average molecular weight is 382 g/mol. The molecule has 0 amide bonds. The lowest BCUT2D eigenvalue weighted by atomic mass is 9.83. The molecule has 0 aromatic rings. The Morgan fingerprint density at radius 2 is 1.59 bits per heavy atom. The van der Waals surface area contributed by atoms with Crippen LogP contribution in [0.4, 0.5) is 0 Å². The average Bonchev–Trinajstić information content (AvgIpc) is 2.22. The topological polar surface area (TPSA) is 213 Å². The van der Waals surface area contributed by atoms with Gasteiger partial charge in [-0.2, -0.15) is 0 Å². The molecule has 1 aliphatic rings. The summed E-state index contributed by atoms with van der Waals surface area (Å²) in [5.41, 5.74) is 0. The van der Waals surface area contributed by atoms with Crippen molar-refractivity contribution < 1.29 is 48.2 Å². The van der Waals surface area contributed by atoms with Crippen molar-refractivity contribution in [1.29, 1.82) is 0 Å². The quantitative estimate of drug-likeness (QED) is 0.340. The van der Waals surface area contributed by atoms with Gasteiger partial charge in [0, 0.05) is 11.7 Å². The zero-order valence-electron chi connectivity index (χ0n) is 10.7. The molecule has 22 heavy (non-hydrogen) atoms. The third-order valence-corrected chi connectivity index (χ3v) is 4.89. The molecule has 12 nitrogen and oxygen atoms in total. The van der Waals surface area contributed by atoms with Crippen LogP contribution in [0.15, 0.2) is 0 Å². The normalized spacial score (nSPS) is 31.1. The third-order valence-electron chi connectivity index (χ3n) is 3.01. The molecule has 2 N–H and O–H groups in total. The van der Waals surface area contributed by atoms with E-state index in [-0.39, 0.29) is 12.8 Å². The van der Waals surface area contributed by atoms with Crippen LogP contribution in [-0.4, -0.2) is 68.0 Å². The fourth-order valence-corrected chi connectivity index (χ4v) is 4.28. The molecular weight excluding hydrogens is 370 g/mol. The summed E-state index contributed by atoms with van der Waals surface area (Å²) in [6.45, 7) is 0. The van der Waals surface area contributed by atoms with Crippen molar-refractivity contribution in [3.8, 4) is 0 Å². The summed E-state index contributed by atoms with van der Waals surface area (Å²) in [5, 5.41) is 9.85. The van der Waals surface area contributed by atoms with Crippen LogP contribution in [0.1, 0.15) is 12.8 Å². The first-order chi connectivity index (χ1) is 9.68. The smallest absolute Gasteiger partial charge is 0.218 e. The van der Waals surface area contributed by atoms with E-state index >= 15 is 0 Å². The SMILES string of the molecule is O=S(=O)([O-])CC1CCC(NS(=O)(=O)[O-])[C@@H](OS(=O)(=O)[O-])[C@H]1O. The summed E-state index contributed by atoms with van der Waals surface area (Å²) in [7, 11) is -15.2. The van der Waals surface area contributed by atoms with E-state index in [0.717, 1.165) is 0 Å². The molecule has 0 aliphatic heterocycles. The van der Waals surface area contributed by atoms with E-state index < -0.39 is 60.7 Å². The Morgan fingerprint density at radius 1 is 1.05 bits per heavy atom. The van der Waals surface area contributed by atoms with E-state index in [0.29, 0.717) is 0 Å². The van der Waals surface area contributed by atoms with Crippen molar-refractivity contribution in [3.63, 3.8) is 0 Å². The van der Waals surface area contributed by atoms with Crippen LogP contribution >= 0.6 is 0 Å². The molecule has 0 bridgehead atoms. The zero-order chi connectivity index (χ0) is 17.3. The van der Waals surface area contributed by atoms with E-state index in [4.69, 9.17) is 0 Å². The second-order valence-corrected chi connectivity index (χ2v) is 8.30. The summed E-state index contributed by atoms with van der Waals surface area (Å²) in [4.78, 5) is 0. The number of aliphatic hydroxyl groups excluding tert-OH is 1. The largest absolute Gasteiger partial charge is 0.748 e. The number of aliphatic hydroxyl groups is 1. The van der Waals surface area contributed by atoms with Gasteiger partial charge in [0.05, 0.1) is 22.3 Å². The van der Waals surface area contributed by atoms with E-state index in [9.17, 15) is 44.0 Å². The Kier molecular flexibility index (Phi) is 5.91. The molecule has 1 saturated carbocycles. The standard InChI is InChI=1S/C7H15NO11S3/c9-6-4(3-20(10,11)12)1-2-5(8-21(13,14)15)7(6)19-22(16,17)18/h4-9H,1-3H2,(H,10,11,12)(H,13,14,15)(H,16,17,18)/p-3/t4?,5?,6-,7+/m0/s1. The highest BCUT2D eigenvalue weighted by molar-refractivity contribution is 7.85. The van der Waals surface area contributed by atoms with Gasteiger partial charge in [0.1, 0.15) is 6.10 Å². The maximum atomic E-state index is 10.7. The van der Waals surface area contributed by atoms with E-state index in [1.807, 2.05) is 0 Å². The number of rotatable bonds is 6. The van der Waals surface area contributed by atoms with Crippen LogP contribution in [0.5, 0.6) is 0 Å². The molecule has 1 rings (SSSR count). The highest BCUT2D eigenvalue weighted by Crippen LogP contribution is 2.29. The maximum absolute atomic E-state index is 10.7. The van der Waals surface area contributed by atoms with Crippen molar-refractivity contribution in [2.45, 2.75) is 31.1 Å². The van der Waals surface area contributed by atoms with Gasteiger partial charge in [0.2, 0.25) is 10.4 Å². The van der Waals surface area contributed by atoms with Crippen LogP contribution < -0.4 is 4.72 Å². The Labute approximate surface area is 127 Å². The fourth-order valence-electron chi connectivity index (χ4n) is 2.25. The number of hydrogen-bond donors (Lipinski definition) is 2. The molecule has 2 unspecified atom stereocenters. The Balaban J connectivity index is 3.04. The van der Waals surface area contributed by atoms with E-state index in [1.165, 1.54) is 4.72 Å². The van der Waals surface area contributed by atoms with Crippen molar-refractivity contribution in [1.82, 2.24) is 4.72 Å². The zero-order valence-corrected chi connectivity index (χ0v) is 13.1. The van der Waals surface area contributed by atoms with Gasteiger partial charge in [0.25, 0.3) is 0 Å². The van der Waals surface area contributed by atoms with Gasteiger partial charge in [-0.25, -0.2) is 30.0 Å². The molecule has 15 heteroatoms. The molecule has 0 aromatic heterocycles. The third kappa shape index (κ3) is 6.80. The molecule has 0 spiro atoms. The highest BCUT2D eigenvalue weighted by atomic mass is 32.3. The van der Waals surface area contributed by atoms with Crippen molar-refractivity contribution in [2.24, 2.45) is 5.92 Å². The highest BCUT2D eigenvalue weighted by Gasteiger charge is 2.42. The monoisotopic (exact) mass is 382 g/mol. The summed E-state index contributed by atoms with van der Waals surface area (Å²) in [5.74, 6) is -2.34. The molecule has 132 valence electrons. The lowest BCUT2D eigenvalue weighted by molar-refractivity contribution is -0.0410. The minimum absolute atomic E-state index is 0.214. The lowest BCUT2D eigenvalue weighted by Gasteiger charge is -2.40. The molecule has 0 heterocycles. The van der Waals surface area contributed by atoms with E-state index in [2.05, 4.69) is 4.18 Å². The Bertz CT molecular complexity index is 696. The van der Waals surface area contributed by atoms with Gasteiger partial charge < -0.3 is 18.8 Å².